The first-order valence-corrected chi connectivity index (χ1v) is 8.70. The predicted octanol–water partition coefficient (Wildman–Crippen LogP) is 2.90. The number of nitrogens with two attached hydrogens (primary N) is 1. The third-order valence-corrected chi connectivity index (χ3v) is 4.35. The van der Waals surface area contributed by atoms with Gasteiger partial charge in [0.25, 0.3) is 0 Å². The van der Waals surface area contributed by atoms with Crippen LogP contribution in [0.2, 0.25) is 0 Å². The maximum absolute atomic E-state index is 11.4. The molecule has 0 aromatic heterocycles. The van der Waals surface area contributed by atoms with Crippen LogP contribution in [0.15, 0.2) is 36.4 Å². The van der Waals surface area contributed by atoms with Crippen molar-refractivity contribution in [2.24, 2.45) is 5.73 Å². The maximum Gasteiger partial charge on any atom is 0.305 e. The van der Waals surface area contributed by atoms with Crippen molar-refractivity contribution in [3.63, 3.8) is 0 Å². The molecule has 0 unspecified atom stereocenters. The number of ether oxygens (including phenoxy) is 3. The van der Waals surface area contributed by atoms with E-state index in [0.717, 1.165) is 40.2 Å². The second kappa shape index (κ2) is 9.82. The minimum absolute atomic E-state index is 0.201. The highest BCUT2D eigenvalue weighted by Gasteiger charge is 2.15. The van der Waals surface area contributed by atoms with Gasteiger partial charge in [-0.2, -0.15) is 0 Å². The topological polar surface area (TPSA) is 70.8 Å². The van der Waals surface area contributed by atoms with Crippen LogP contribution >= 0.6 is 0 Å². The lowest BCUT2D eigenvalue weighted by atomic mass is 9.97. The van der Waals surface area contributed by atoms with Crippen molar-refractivity contribution in [2.45, 2.75) is 25.7 Å². The van der Waals surface area contributed by atoms with Gasteiger partial charge in [-0.15, -0.1) is 0 Å². The number of methoxy groups -OCH3 is 3. The van der Waals surface area contributed by atoms with Crippen molar-refractivity contribution in [3.05, 3.63) is 58.7 Å². The first-order chi connectivity index (χ1) is 12.6. The largest absolute Gasteiger partial charge is 0.496 e. The highest BCUT2D eigenvalue weighted by molar-refractivity contribution is 5.69. The fourth-order valence-electron chi connectivity index (χ4n) is 3.07. The van der Waals surface area contributed by atoms with Crippen LogP contribution in [0.5, 0.6) is 11.5 Å². The van der Waals surface area contributed by atoms with E-state index in [1.807, 2.05) is 24.3 Å². The average molecular weight is 357 g/mol. The van der Waals surface area contributed by atoms with Crippen LogP contribution in [0, 0.1) is 0 Å². The SMILES string of the molecule is COC(=O)CCc1cccc(Cc2c(OC)ccc(CCN)c2OC)c1. The molecular weight excluding hydrogens is 330 g/mol. The van der Waals surface area contributed by atoms with E-state index in [4.69, 9.17) is 19.9 Å². The zero-order valence-corrected chi connectivity index (χ0v) is 15.7. The van der Waals surface area contributed by atoms with Gasteiger partial charge in [-0.1, -0.05) is 30.3 Å². The van der Waals surface area contributed by atoms with Crippen LogP contribution in [0.25, 0.3) is 0 Å². The molecule has 0 fully saturated rings. The number of carbonyl (C=O) groups is 1. The normalized spacial score (nSPS) is 10.5. The molecule has 2 aromatic rings. The summed E-state index contributed by atoms with van der Waals surface area (Å²) in [6.07, 6.45) is 2.46. The number of esters is 1. The Kier molecular flexibility index (Phi) is 7.48. The van der Waals surface area contributed by atoms with Crippen LogP contribution in [-0.2, 0) is 28.8 Å². The lowest BCUT2D eigenvalue weighted by molar-refractivity contribution is -0.140. The number of carbonyl (C=O) groups excluding carboxylic acids is 1. The van der Waals surface area contributed by atoms with Crippen molar-refractivity contribution in [1.29, 1.82) is 0 Å². The Labute approximate surface area is 155 Å². The van der Waals surface area contributed by atoms with Gasteiger partial charge in [0.2, 0.25) is 0 Å². The Morgan fingerprint density at radius 1 is 1.00 bits per heavy atom. The fourth-order valence-corrected chi connectivity index (χ4v) is 3.07. The second-order valence-corrected chi connectivity index (χ2v) is 6.05. The number of aryl methyl sites for hydroxylation is 1. The molecule has 0 radical (unpaired) electrons. The molecule has 26 heavy (non-hydrogen) atoms. The molecule has 0 saturated carbocycles. The third-order valence-electron chi connectivity index (χ3n) is 4.35. The summed E-state index contributed by atoms with van der Waals surface area (Å²) < 4.78 is 15.9. The summed E-state index contributed by atoms with van der Waals surface area (Å²) in [5.41, 5.74) is 10.0. The van der Waals surface area contributed by atoms with E-state index in [1.165, 1.54) is 7.11 Å². The van der Waals surface area contributed by atoms with Crippen LogP contribution < -0.4 is 15.2 Å². The predicted molar refractivity (Wildman–Crippen MR) is 102 cm³/mol. The first kappa shape index (κ1) is 19.8. The van der Waals surface area contributed by atoms with Crippen LogP contribution in [0.1, 0.15) is 28.7 Å². The summed E-state index contributed by atoms with van der Waals surface area (Å²) in [4.78, 5) is 11.4. The molecule has 2 rings (SSSR count). The van der Waals surface area contributed by atoms with Crippen LogP contribution in [0.4, 0.5) is 0 Å². The van der Waals surface area contributed by atoms with Gasteiger partial charge < -0.3 is 19.9 Å². The van der Waals surface area contributed by atoms with E-state index in [0.29, 0.717) is 25.8 Å². The zero-order valence-electron chi connectivity index (χ0n) is 15.7. The molecule has 140 valence electrons. The maximum atomic E-state index is 11.4. The standard InChI is InChI=1S/C21H27NO4/c1-24-19-9-8-17(11-12-22)21(26-3)18(19)14-16-6-4-5-15(13-16)7-10-20(23)25-2/h4-6,8-9,13H,7,10-12,14,22H2,1-3H3. The van der Waals surface area contributed by atoms with Crippen molar-refractivity contribution in [1.82, 2.24) is 0 Å². The Morgan fingerprint density at radius 3 is 2.42 bits per heavy atom. The van der Waals surface area contributed by atoms with Gasteiger partial charge >= 0.3 is 5.97 Å². The molecule has 2 N–H and O–H groups in total. The molecule has 0 atom stereocenters. The van der Waals surface area contributed by atoms with Gasteiger partial charge in [-0.3, -0.25) is 4.79 Å². The fraction of sp³-hybridized carbons (Fsp3) is 0.381. The van der Waals surface area contributed by atoms with Crippen molar-refractivity contribution >= 4 is 5.97 Å². The quantitative estimate of drug-likeness (QED) is 0.699. The smallest absolute Gasteiger partial charge is 0.305 e. The van der Waals surface area contributed by atoms with E-state index in [-0.39, 0.29) is 5.97 Å². The van der Waals surface area contributed by atoms with Crippen molar-refractivity contribution < 1.29 is 19.0 Å². The molecule has 0 amide bonds. The highest BCUT2D eigenvalue weighted by atomic mass is 16.5. The van der Waals surface area contributed by atoms with Crippen molar-refractivity contribution in [2.75, 3.05) is 27.9 Å². The summed E-state index contributed by atoms with van der Waals surface area (Å²) in [5, 5.41) is 0. The molecular formula is C21H27NO4. The molecule has 0 saturated heterocycles. The number of hydrogen-bond acceptors (Lipinski definition) is 5. The molecule has 0 heterocycles. The minimum atomic E-state index is -0.201. The van der Waals surface area contributed by atoms with Crippen LogP contribution in [0.3, 0.4) is 0 Å². The Hall–Kier alpha value is -2.53. The minimum Gasteiger partial charge on any atom is -0.496 e. The number of rotatable bonds is 9. The summed E-state index contributed by atoms with van der Waals surface area (Å²) in [5.74, 6) is 1.42. The molecule has 0 spiro atoms. The lowest BCUT2D eigenvalue weighted by Crippen LogP contribution is -2.07. The molecule has 0 aliphatic carbocycles. The molecule has 0 bridgehead atoms. The van der Waals surface area contributed by atoms with E-state index in [9.17, 15) is 4.79 Å². The monoisotopic (exact) mass is 357 g/mol. The van der Waals surface area contributed by atoms with E-state index < -0.39 is 0 Å². The van der Waals surface area contributed by atoms with Gasteiger partial charge in [0.15, 0.2) is 0 Å². The Balaban J connectivity index is 2.29. The lowest BCUT2D eigenvalue weighted by Gasteiger charge is -2.17. The number of benzene rings is 2. The van der Waals surface area contributed by atoms with Gasteiger partial charge in [-0.05, 0) is 42.1 Å². The zero-order chi connectivity index (χ0) is 18.9. The molecule has 5 nitrogen and oxygen atoms in total. The Morgan fingerprint density at radius 2 is 1.77 bits per heavy atom. The Bertz CT molecular complexity index is 743. The second-order valence-electron chi connectivity index (χ2n) is 6.05. The van der Waals surface area contributed by atoms with Gasteiger partial charge in [0, 0.05) is 18.4 Å². The van der Waals surface area contributed by atoms with Gasteiger partial charge in [0.05, 0.1) is 21.3 Å². The van der Waals surface area contributed by atoms with Crippen LogP contribution in [-0.4, -0.2) is 33.8 Å². The summed E-state index contributed by atoms with van der Waals surface area (Å²) in [6, 6.07) is 12.2. The third kappa shape index (κ3) is 4.99. The van der Waals surface area contributed by atoms with E-state index in [2.05, 4.69) is 12.1 Å². The van der Waals surface area contributed by atoms with Gasteiger partial charge in [-0.25, -0.2) is 0 Å². The molecule has 2 aromatic carbocycles. The summed E-state index contributed by atoms with van der Waals surface area (Å²) in [7, 11) is 4.74. The molecule has 0 aliphatic rings. The summed E-state index contributed by atoms with van der Waals surface area (Å²) in [6.45, 7) is 0.561. The summed E-state index contributed by atoms with van der Waals surface area (Å²) >= 11 is 0. The van der Waals surface area contributed by atoms with E-state index >= 15 is 0 Å². The highest BCUT2D eigenvalue weighted by Crippen LogP contribution is 2.34. The van der Waals surface area contributed by atoms with Gasteiger partial charge in [0.1, 0.15) is 11.5 Å². The number of hydrogen-bond donors (Lipinski definition) is 1. The first-order valence-electron chi connectivity index (χ1n) is 8.70. The average Bonchev–Trinajstić information content (AvgIpc) is 2.67. The molecule has 5 heteroatoms. The van der Waals surface area contributed by atoms with Crippen molar-refractivity contribution in [3.8, 4) is 11.5 Å². The molecule has 0 aliphatic heterocycles. The van der Waals surface area contributed by atoms with E-state index in [1.54, 1.807) is 14.2 Å².